The maximum Gasteiger partial charge on any atom is 0.271 e. The molecule has 2 rings (SSSR count). The number of hydrogen-bond donors (Lipinski definition) is 2. The van der Waals surface area contributed by atoms with E-state index < -0.39 is 0 Å². The van der Waals surface area contributed by atoms with Crippen LogP contribution >= 0.6 is 0 Å². The molecule has 1 aliphatic carbocycles. The second-order valence-corrected chi connectivity index (χ2v) is 5.16. The van der Waals surface area contributed by atoms with E-state index in [4.69, 9.17) is 5.73 Å². The van der Waals surface area contributed by atoms with Crippen molar-refractivity contribution in [1.29, 1.82) is 0 Å². The van der Waals surface area contributed by atoms with Crippen molar-refractivity contribution < 1.29 is 4.79 Å². The van der Waals surface area contributed by atoms with Gasteiger partial charge in [0.05, 0.1) is 11.4 Å². The van der Waals surface area contributed by atoms with Crippen LogP contribution in [0.4, 0.5) is 5.69 Å². The topological polar surface area (TPSA) is 72.9 Å². The normalized spacial score (nSPS) is 16.9. The fraction of sp³-hybridized carbons (Fsp3) is 0.667. The van der Waals surface area contributed by atoms with Crippen LogP contribution < -0.4 is 11.1 Å². The molecule has 5 nitrogen and oxygen atoms in total. The molecule has 0 saturated heterocycles. The predicted octanol–water partition coefficient (Wildman–Crippen LogP) is 1.32. The average Bonchev–Trinajstić information content (AvgIpc) is 2.96. The molecule has 1 aliphatic rings. The zero-order chi connectivity index (χ0) is 12.6. The number of carbonyl (C=O) groups is 1. The molecule has 0 atom stereocenters. The minimum atomic E-state index is -0.113. The number of nitrogens with one attached hydrogen (secondary N) is 1. The lowest BCUT2D eigenvalue weighted by Crippen LogP contribution is -2.31. The van der Waals surface area contributed by atoms with Gasteiger partial charge in [-0.2, -0.15) is 5.10 Å². The third-order valence-corrected chi connectivity index (χ3v) is 3.47. The summed E-state index contributed by atoms with van der Waals surface area (Å²) in [5.41, 5.74) is 7.90. The molecule has 5 heteroatoms. The van der Waals surface area contributed by atoms with Gasteiger partial charge in [0.1, 0.15) is 5.69 Å². The zero-order valence-electron chi connectivity index (χ0n) is 10.7. The third kappa shape index (κ3) is 2.28. The molecular weight excluding hydrogens is 216 g/mol. The quantitative estimate of drug-likeness (QED) is 0.828. The Morgan fingerprint density at radius 3 is 2.76 bits per heavy atom. The molecule has 0 bridgehead atoms. The van der Waals surface area contributed by atoms with Gasteiger partial charge in [-0.1, -0.05) is 6.92 Å². The standard InChI is InChI=1S/C12H20N4O/c1-4-16-10(9(13)8(2)15-16)11(17)14-7-12(3)5-6-12/h4-7,13H2,1-3H3,(H,14,17). The first-order valence-corrected chi connectivity index (χ1v) is 6.08. The number of nitrogens with two attached hydrogens (primary N) is 1. The smallest absolute Gasteiger partial charge is 0.271 e. The average molecular weight is 236 g/mol. The van der Waals surface area contributed by atoms with Crippen molar-refractivity contribution in [3.63, 3.8) is 0 Å². The first-order valence-electron chi connectivity index (χ1n) is 6.08. The first-order chi connectivity index (χ1) is 7.97. The summed E-state index contributed by atoms with van der Waals surface area (Å²) in [5.74, 6) is -0.113. The van der Waals surface area contributed by atoms with Crippen molar-refractivity contribution in [3.8, 4) is 0 Å². The Hall–Kier alpha value is -1.52. The minimum Gasteiger partial charge on any atom is -0.395 e. The number of aryl methyl sites for hydroxylation is 2. The second kappa shape index (κ2) is 4.05. The molecule has 1 heterocycles. The van der Waals surface area contributed by atoms with Gasteiger partial charge in [-0.15, -0.1) is 0 Å². The summed E-state index contributed by atoms with van der Waals surface area (Å²) in [5, 5.41) is 7.19. The van der Waals surface area contributed by atoms with Crippen LogP contribution in [0.1, 0.15) is 42.9 Å². The Labute approximate surface area is 101 Å². The largest absolute Gasteiger partial charge is 0.395 e. The third-order valence-electron chi connectivity index (χ3n) is 3.47. The van der Waals surface area contributed by atoms with Crippen LogP contribution in [0.2, 0.25) is 0 Å². The fourth-order valence-electron chi connectivity index (χ4n) is 1.83. The van der Waals surface area contributed by atoms with E-state index in [2.05, 4.69) is 17.3 Å². The van der Waals surface area contributed by atoms with Crippen LogP contribution in [-0.4, -0.2) is 22.2 Å². The first kappa shape index (κ1) is 12.0. The highest BCUT2D eigenvalue weighted by Crippen LogP contribution is 2.44. The Balaban J connectivity index is 2.12. The van der Waals surface area contributed by atoms with Crippen molar-refractivity contribution in [2.75, 3.05) is 12.3 Å². The lowest BCUT2D eigenvalue weighted by Gasteiger charge is -2.11. The monoisotopic (exact) mass is 236 g/mol. The highest BCUT2D eigenvalue weighted by molar-refractivity contribution is 5.98. The number of anilines is 1. The van der Waals surface area contributed by atoms with Gasteiger partial charge in [-0.25, -0.2) is 0 Å². The van der Waals surface area contributed by atoms with Gasteiger partial charge in [0, 0.05) is 13.1 Å². The maximum absolute atomic E-state index is 12.1. The van der Waals surface area contributed by atoms with E-state index in [9.17, 15) is 4.79 Å². The van der Waals surface area contributed by atoms with Gasteiger partial charge in [0.2, 0.25) is 0 Å². The maximum atomic E-state index is 12.1. The van der Waals surface area contributed by atoms with E-state index >= 15 is 0 Å². The van der Waals surface area contributed by atoms with Crippen LogP contribution in [0, 0.1) is 12.3 Å². The van der Waals surface area contributed by atoms with Gasteiger partial charge < -0.3 is 11.1 Å². The van der Waals surface area contributed by atoms with Crippen LogP contribution in [-0.2, 0) is 6.54 Å². The molecule has 3 N–H and O–H groups in total. The number of carbonyl (C=O) groups excluding carboxylic acids is 1. The molecule has 1 aromatic rings. The number of hydrogen-bond acceptors (Lipinski definition) is 3. The van der Waals surface area contributed by atoms with E-state index in [1.165, 1.54) is 12.8 Å². The van der Waals surface area contributed by atoms with E-state index in [1.807, 2.05) is 13.8 Å². The molecule has 17 heavy (non-hydrogen) atoms. The van der Waals surface area contributed by atoms with Crippen molar-refractivity contribution in [1.82, 2.24) is 15.1 Å². The zero-order valence-corrected chi connectivity index (χ0v) is 10.7. The van der Waals surface area contributed by atoms with Crippen LogP contribution in [0.3, 0.4) is 0 Å². The summed E-state index contributed by atoms with van der Waals surface area (Å²) >= 11 is 0. The second-order valence-electron chi connectivity index (χ2n) is 5.16. The Bertz CT molecular complexity index is 446. The molecule has 1 aromatic heterocycles. The van der Waals surface area contributed by atoms with Crippen LogP contribution in [0.15, 0.2) is 0 Å². The summed E-state index contributed by atoms with van der Waals surface area (Å²) in [6.45, 7) is 7.32. The Morgan fingerprint density at radius 2 is 2.24 bits per heavy atom. The van der Waals surface area contributed by atoms with Crippen LogP contribution in [0.25, 0.3) is 0 Å². The van der Waals surface area contributed by atoms with E-state index in [1.54, 1.807) is 4.68 Å². The van der Waals surface area contributed by atoms with Crippen molar-refractivity contribution in [2.45, 2.75) is 40.2 Å². The molecular formula is C12H20N4O. The summed E-state index contributed by atoms with van der Waals surface area (Å²) in [6.07, 6.45) is 2.38. The number of aromatic nitrogens is 2. The molecule has 1 fully saturated rings. The number of amides is 1. The van der Waals surface area contributed by atoms with Crippen molar-refractivity contribution in [3.05, 3.63) is 11.4 Å². The molecule has 0 aromatic carbocycles. The molecule has 0 aliphatic heterocycles. The highest BCUT2D eigenvalue weighted by Gasteiger charge is 2.37. The van der Waals surface area contributed by atoms with E-state index in [0.717, 1.165) is 12.2 Å². The van der Waals surface area contributed by atoms with Gasteiger partial charge in [-0.05, 0) is 32.1 Å². The lowest BCUT2D eigenvalue weighted by molar-refractivity contribution is 0.0936. The number of nitrogens with zero attached hydrogens (tertiary/aromatic N) is 2. The molecule has 1 saturated carbocycles. The molecule has 0 spiro atoms. The van der Waals surface area contributed by atoms with Gasteiger partial charge in [-0.3, -0.25) is 9.48 Å². The van der Waals surface area contributed by atoms with Gasteiger partial charge in [0.15, 0.2) is 0 Å². The SMILES string of the molecule is CCn1nc(C)c(N)c1C(=O)NCC1(C)CC1. The number of nitrogen functional groups attached to an aromatic ring is 1. The van der Waals surface area contributed by atoms with Gasteiger partial charge >= 0.3 is 0 Å². The fourth-order valence-corrected chi connectivity index (χ4v) is 1.83. The summed E-state index contributed by atoms with van der Waals surface area (Å²) in [6, 6.07) is 0. The Kier molecular flexibility index (Phi) is 2.85. The highest BCUT2D eigenvalue weighted by atomic mass is 16.2. The van der Waals surface area contributed by atoms with Crippen molar-refractivity contribution in [2.24, 2.45) is 5.41 Å². The van der Waals surface area contributed by atoms with Crippen LogP contribution in [0.5, 0.6) is 0 Å². The Morgan fingerprint density at radius 1 is 1.59 bits per heavy atom. The minimum absolute atomic E-state index is 0.113. The van der Waals surface area contributed by atoms with Gasteiger partial charge in [0.25, 0.3) is 5.91 Å². The van der Waals surface area contributed by atoms with Crippen molar-refractivity contribution >= 4 is 11.6 Å². The number of rotatable bonds is 4. The molecule has 0 radical (unpaired) electrons. The molecule has 0 unspecified atom stereocenters. The molecule has 94 valence electrons. The summed E-state index contributed by atoms with van der Waals surface area (Å²) in [7, 11) is 0. The molecule has 1 amide bonds. The summed E-state index contributed by atoms with van der Waals surface area (Å²) in [4.78, 5) is 12.1. The van der Waals surface area contributed by atoms with E-state index in [-0.39, 0.29) is 5.91 Å². The predicted molar refractivity (Wildman–Crippen MR) is 66.7 cm³/mol. The lowest BCUT2D eigenvalue weighted by atomic mass is 10.1. The summed E-state index contributed by atoms with van der Waals surface area (Å²) < 4.78 is 1.66. The van der Waals surface area contributed by atoms with E-state index in [0.29, 0.717) is 23.3 Å².